The van der Waals surface area contributed by atoms with Crippen molar-refractivity contribution in [3.63, 3.8) is 0 Å². The second kappa shape index (κ2) is 5.49. The van der Waals surface area contributed by atoms with Crippen LogP contribution in [0.5, 0.6) is 0 Å². The molecule has 18 heavy (non-hydrogen) atoms. The minimum Gasteiger partial charge on any atom is -0.0812 e. The highest BCUT2D eigenvalue weighted by Crippen LogP contribution is 2.30. The van der Waals surface area contributed by atoms with Crippen molar-refractivity contribution in [2.75, 3.05) is 0 Å². The summed E-state index contributed by atoms with van der Waals surface area (Å²) >= 11 is 4.95. The molecule has 1 aliphatic rings. The largest absolute Gasteiger partial charge is 0.0812 e. The van der Waals surface area contributed by atoms with Crippen LogP contribution in [0.15, 0.2) is 36.4 Å². The van der Waals surface area contributed by atoms with Crippen LogP contribution in [0.25, 0.3) is 0 Å². The standard InChI is InChI=1S/C16H14I2/c17-9-15-7-13-5-11-3-1-2-4-12(11)6-14(13)8-16(15)10-18/h1-4,7-8H,5-6,9-10H2. The Bertz CT molecular complexity index is 536. The first-order valence-electron chi connectivity index (χ1n) is 6.14. The fourth-order valence-electron chi connectivity index (χ4n) is 2.68. The van der Waals surface area contributed by atoms with Crippen molar-refractivity contribution in [1.82, 2.24) is 0 Å². The van der Waals surface area contributed by atoms with Crippen LogP contribution >= 0.6 is 45.2 Å². The van der Waals surface area contributed by atoms with Crippen molar-refractivity contribution in [3.05, 3.63) is 69.8 Å². The van der Waals surface area contributed by atoms with E-state index < -0.39 is 0 Å². The fourth-order valence-corrected chi connectivity index (χ4v) is 4.10. The Balaban J connectivity index is 2.07. The lowest BCUT2D eigenvalue weighted by atomic mass is 9.84. The summed E-state index contributed by atoms with van der Waals surface area (Å²) in [4.78, 5) is 0. The van der Waals surface area contributed by atoms with Gasteiger partial charge >= 0.3 is 0 Å². The molecule has 0 unspecified atom stereocenters. The second-order valence-corrected chi connectivity index (χ2v) is 6.30. The van der Waals surface area contributed by atoms with Gasteiger partial charge in [0.1, 0.15) is 0 Å². The Morgan fingerprint density at radius 2 is 1.17 bits per heavy atom. The van der Waals surface area contributed by atoms with E-state index in [2.05, 4.69) is 81.6 Å². The van der Waals surface area contributed by atoms with Gasteiger partial charge in [-0.2, -0.15) is 0 Å². The van der Waals surface area contributed by atoms with E-state index in [4.69, 9.17) is 0 Å². The average molecular weight is 460 g/mol. The van der Waals surface area contributed by atoms with Gasteiger partial charge in [-0.25, -0.2) is 0 Å². The van der Waals surface area contributed by atoms with Gasteiger partial charge in [0, 0.05) is 8.86 Å². The first-order chi connectivity index (χ1) is 8.81. The number of alkyl halides is 2. The van der Waals surface area contributed by atoms with Crippen LogP contribution in [0.1, 0.15) is 33.4 Å². The Kier molecular flexibility index (Phi) is 3.94. The normalized spacial score (nSPS) is 13.0. The molecule has 0 radical (unpaired) electrons. The molecule has 0 aliphatic heterocycles. The molecule has 0 amide bonds. The summed E-state index contributed by atoms with van der Waals surface area (Å²) < 4.78 is 2.23. The van der Waals surface area contributed by atoms with Crippen molar-refractivity contribution in [2.24, 2.45) is 0 Å². The quantitative estimate of drug-likeness (QED) is 0.371. The Labute approximate surface area is 135 Å². The summed E-state index contributed by atoms with van der Waals surface area (Å²) in [5, 5.41) is 0. The molecule has 92 valence electrons. The molecule has 0 N–H and O–H groups in total. The maximum absolute atomic E-state index is 2.47. The van der Waals surface area contributed by atoms with Crippen molar-refractivity contribution in [2.45, 2.75) is 21.7 Å². The second-order valence-electron chi connectivity index (χ2n) is 4.78. The molecule has 0 atom stereocenters. The molecule has 2 aromatic rings. The minimum atomic E-state index is 1.11. The summed E-state index contributed by atoms with van der Waals surface area (Å²) in [6.07, 6.45) is 2.22. The molecule has 0 saturated heterocycles. The molecule has 2 heteroatoms. The predicted molar refractivity (Wildman–Crippen MR) is 93.9 cm³/mol. The van der Waals surface area contributed by atoms with Crippen LogP contribution in [0.4, 0.5) is 0 Å². The third-order valence-electron chi connectivity index (χ3n) is 3.69. The van der Waals surface area contributed by atoms with Gasteiger partial charge in [0.15, 0.2) is 0 Å². The smallest absolute Gasteiger partial charge is 0.0250 e. The lowest BCUT2D eigenvalue weighted by Crippen LogP contribution is -2.08. The molecule has 0 nitrogen and oxygen atoms in total. The highest BCUT2D eigenvalue weighted by atomic mass is 127. The zero-order valence-electron chi connectivity index (χ0n) is 10.0. The van der Waals surface area contributed by atoms with Crippen LogP contribution < -0.4 is 0 Å². The lowest BCUT2D eigenvalue weighted by molar-refractivity contribution is 0.990. The number of rotatable bonds is 2. The average Bonchev–Trinajstić information content (AvgIpc) is 2.43. The van der Waals surface area contributed by atoms with E-state index in [0.29, 0.717) is 0 Å². The SMILES string of the molecule is ICc1cc2c(cc1CI)Cc1ccccc1C2. The molecule has 0 aromatic heterocycles. The summed E-state index contributed by atoms with van der Waals surface area (Å²) in [6, 6.07) is 13.7. The Hall–Kier alpha value is -0.100. The van der Waals surface area contributed by atoms with E-state index in [1.54, 1.807) is 0 Å². The molecular formula is C16H14I2. The van der Waals surface area contributed by atoms with Crippen LogP contribution in [-0.2, 0) is 21.7 Å². The number of halogens is 2. The Morgan fingerprint density at radius 1 is 0.722 bits per heavy atom. The lowest BCUT2D eigenvalue weighted by Gasteiger charge is -2.21. The maximum Gasteiger partial charge on any atom is 0.0250 e. The molecule has 1 aliphatic carbocycles. The number of fused-ring (bicyclic) bond motifs is 2. The molecule has 0 saturated carbocycles. The summed E-state index contributed by atoms with van der Waals surface area (Å²) in [5.74, 6) is 0. The third-order valence-corrected chi connectivity index (χ3v) is 5.33. The number of hydrogen-bond acceptors (Lipinski definition) is 0. The van der Waals surface area contributed by atoms with E-state index in [-0.39, 0.29) is 0 Å². The van der Waals surface area contributed by atoms with Crippen molar-refractivity contribution in [3.8, 4) is 0 Å². The van der Waals surface area contributed by atoms with E-state index in [1.807, 2.05) is 0 Å². The zero-order chi connectivity index (χ0) is 12.5. The van der Waals surface area contributed by atoms with Crippen LogP contribution in [0.3, 0.4) is 0 Å². The van der Waals surface area contributed by atoms with Gasteiger partial charge in [0.25, 0.3) is 0 Å². The van der Waals surface area contributed by atoms with Crippen LogP contribution in [-0.4, -0.2) is 0 Å². The molecule has 2 aromatic carbocycles. The molecule has 0 bridgehead atoms. The first-order valence-corrected chi connectivity index (χ1v) is 9.19. The van der Waals surface area contributed by atoms with Gasteiger partial charge < -0.3 is 0 Å². The molecule has 0 heterocycles. The van der Waals surface area contributed by atoms with Gasteiger partial charge in [-0.15, -0.1) is 0 Å². The third kappa shape index (κ3) is 2.33. The summed E-state index contributed by atoms with van der Waals surface area (Å²) in [5.41, 5.74) is 9.12. The van der Waals surface area contributed by atoms with Gasteiger partial charge in [-0.3, -0.25) is 0 Å². The first kappa shape index (κ1) is 12.9. The molecule has 0 fully saturated rings. The summed E-state index contributed by atoms with van der Waals surface area (Å²) in [7, 11) is 0. The topological polar surface area (TPSA) is 0 Å². The highest BCUT2D eigenvalue weighted by Gasteiger charge is 2.16. The van der Waals surface area contributed by atoms with Crippen molar-refractivity contribution >= 4 is 45.2 Å². The molecular weight excluding hydrogens is 446 g/mol. The highest BCUT2D eigenvalue weighted by molar-refractivity contribution is 14.1. The predicted octanol–water partition coefficient (Wildman–Crippen LogP) is 5.05. The number of benzene rings is 2. The monoisotopic (exact) mass is 460 g/mol. The Morgan fingerprint density at radius 3 is 1.56 bits per heavy atom. The van der Waals surface area contributed by atoms with Gasteiger partial charge in [-0.05, 0) is 46.2 Å². The fraction of sp³-hybridized carbons (Fsp3) is 0.250. The van der Waals surface area contributed by atoms with Crippen molar-refractivity contribution < 1.29 is 0 Å². The molecule has 3 rings (SSSR count). The van der Waals surface area contributed by atoms with Crippen LogP contribution in [0, 0.1) is 0 Å². The molecule has 0 spiro atoms. The van der Waals surface area contributed by atoms with E-state index in [0.717, 1.165) is 21.7 Å². The maximum atomic E-state index is 2.47. The van der Waals surface area contributed by atoms with E-state index in [9.17, 15) is 0 Å². The zero-order valence-corrected chi connectivity index (χ0v) is 14.4. The van der Waals surface area contributed by atoms with Gasteiger partial charge in [0.2, 0.25) is 0 Å². The van der Waals surface area contributed by atoms with Gasteiger partial charge in [0.05, 0.1) is 0 Å². The summed E-state index contributed by atoms with van der Waals surface area (Å²) in [6.45, 7) is 0. The number of hydrogen-bond donors (Lipinski definition) is 0. The minimum absolute atomic E-state index is 1.11. The van der Waals surface area contributed by atoms with Crippen LogP contribution in [0.2, 0.25) is 0 Å². The van der Waals surface area contributed by atoms with Gasteiger partial charge in [-0.1, -0.05) is 81.6 Å². The van der Waals surface area contributed by atoms with E-state index >= 15 is 0 Å². The van der Waals surface area contributed by atoms with Crippen molar-refractivity contribution in [1.29, 1.82) is 0 Å². The van der Waals surface area contributed by atoms with E-state index in [1.165, 1.54) is 33.4 Å².